The van der Waals surface area contributed by atoms with Crippen LogP contribution in [0.4, 0.5) is 11.4 Å². The molecule has 3 nitrogen and oxygen atoms in total. The van der Waals surface area contributed by atoms with E-state index in [0.29, 0.717) is 11.3 Å². The average Bonchev–Trinajstić information content (AvgIpc) is 2.41. The van der Waals surface area contributed by atoms with Crippen molar-refractivity contribution in [2.24, 2.45) is 0 Å². The number of nitrogens with two attached hydrogens (primary N) is 1. The highest BCUT2D eigenvalue weighted by atomic mass is 16.1. The smallest absolute Gasteiger partial charge is 0.255 e. The fourth-order valence-electron chi connectivity index (χ4n) is 2.27. The average molecular weight is 268 g/mol. The maximum absolute atomic E-state index is 12.3. The molecule has 0 saturated heterocycles. The largest absolute Gasteiger partial charge is 0.399 e. The van der Waals surface area contributed by atoms with Gasteiger partial charge in [0.05, 0.1) is 0 Å². The summed E-state index contributed by atoms with van der Waals surface area (Å²) < 4.78 is 0. The first-order valence-corrected chi connectivity index (χ1v) is 6.64. The van der Waals surface area contributed by atoms with Crippen molar-refractivity contribution in [3.05, 3.63) is 58.1 Å². The minimum absolute atomic E-state index is 0.131. The first-order chi connectivity index (χ1) is 9.40. The molecule has 0 fully saturated rings. The normalized spacial score (nSPS) is 10.4. The molecule has 0 saturated carbocycles. The molecule has 0 unspecified atom stereocenters. The fraction of sp³-hybridized carbons (Fsp3) is 0.235. The molecule has 0 radical (unpaired) electrons. The number of nitrogen functional groups attached to an aromatic ring is 1. The van der Waals surface area contributed by atoms with E-state index in [-0.39, 0.29) is 5.91 Å². The predicted octanol–water partition coefficient (Wildman–Crippen LogP) is 3.75. The van der Waals surface area contributed by atoms with Gasteiger partial charge < -0.3 is 11.1 Å². The predicted molar refractivity (Wildman–Crippen MR) is 84.2 cm³/mol. The fourth-order valence-corrected chi connectivity index (χ4v) is 2.27. The van der Waals surface area contributed by atoms with E-state index in [0.717, 1.165) is 16.8 Å². The molecule has 3 heteroatoms. The van der Waals surface area contributed by atoms with Crippen molar-refractivity contribution in [3.8, 4) is 0 Å². The number of nitrogens with one attached hydrogen (secondary N) is 1. The number of hydrogen-bond donors (Lipinski definition) is 2. The molecule has 0 aliphatic heterocycles. The topological polar surface area (TPSA) is 55.1 Å². The van der Waals surface area contributed by atoms with Gasteiger partial charge in [0.1, 0.15) is 0 Å². The van der Waals surface area contributed by atoms with E-state index < -0.39 is 0 Å². The van der Waals surface area contributed by atoms with Crippen molar-refractivity contribution in [2.45, 2.75) is 27.7 Å². The third kappa shape index (κ3) is 2.67. The molecular weight excluding hydrogens is 248 g/mol. The highest BCUT2D eigenvalue weighted by Crippen LogP contribution is 2.27. The van der Waals surface area contributed by atoms with Crippen LogP contribution in [0.3, 0.4) is 0 Å². The Kier molecular flexibility index (Phi) is 3.79. The van der Waals surface area contributed by atoms with E-state index in [9.17, 15) is 4.79 Å². The summed E-state index contributed by atoms with van der Waals surface area (Å²) >= 11 is 0. The van der Waals surface area contributed by atoms with E-state index in [2.05, 4.69) is 25.2 Å². The van der Waals surface area contributed by atoms with Gasteiger partial charge in [-0.25, -0.2) is 0 Å². The summed E-state index contributed by atoms with van der Waals surface area (Å²) in [5.74, 6) is -0.131. The molecule has 0 aromatic heterocycles. The van der Waals surface area contributed by atoms with Gasteiger partial charge >= 0.3 is 0 Å². The number of rotatable bonds is 2. The molecule has 1 amide bonds. The molecule has 2 aromatic rings. The van der Waals surface area contributed by atoms with Gasteiger partial charge in [0.25, 0.3) is 5.91 Å². The summed E-state index contributed by atoms with van der Waals surface area (Å²) in [6.45, 7) is 8.16. The minimum atomic E-state index is -0.131. The Morgan fingerprint density at radius 1 is 1.00 bits per heavy atom. The van der Waals surface area contributed by atoms with E-state index in [1.54, 1.807) is 24.3 Å². The monoisotopic (exact) mass is 268 g/mol. The molecule has 3 N–H and O–H groups in total. The van der Waals surface area contributed by atoms with Gasteiger partial charge in [-0.2, -0.15) is 0 Å². The lowest BCUT2D eigenvalue weighted by Gasteiger charge is -2.16. The first kappa shape index (κ1) is 14.1. The second-order valence-electron chi connectivity index (χ2n) is 5.21. The van der Waals surface area contributed by atoms with Gasteiger partial charge in [0.15, 0.2) is 0 Å². The van der Waals surface area contributed by atoms with E-state index in [4.69, 9.17) is 5.73 Å². The van der Waals surface area contributed by atoms with Gasteiger partial charge in [-0.1, -0.05) is 12.1 Å². The highest BCUT2D eigenvalue weighted by Gasteiger charge is 2.12. The summed E-state index contributed by atoms with van der Waals surface area (Å²) in [6.07, 6.45) is 0. The lowest BCUT2D eigenvalue weighted by atomic mass is 9.98. The van der Waals surface area contributed by atoms with Gasteiger partial charge in [-0.05, 0) is 68.1 Å². The van der Waals surface area contributed by atoms with Gasteiger partial charge in [-0.15, -0.1) is 0 Å². The van der Waals surface area contributed by atoms with Crippen molar-refractivity contribution >= 4 is 17.3 Å². The second kappa shape index (κ2) is 5.37. The number of carbonyl (C=O) groups is 1. The van der Waals surface area contributed by atoms with Crippen molar-refractivity contribution in [2.75, 3.05) is 11.1 Å². The van der Waals surface area contributed by atoms with Crippen LogP contribution in [0.2, 0.25) is 0 Å². The highest BCUT2D eigenvalue weighted by molar-refractivity contribution is 6.05. The number of amides is 1. The van der Waals surface area contributed by atoms with Crippen molar-refractivity contribution in [3.63, 3.8) is 0 Å². The number of benzene rings is 2. The quantitative estimate of drug-likeness (QED) is 0.815. The first-order valence-electron chi connectivity index (χ1n) is 6.64. The molecule has 20 heavy (non-hydrogen) atoms. The Balaban J connectivity index is 2.38. The van der Waals surface area contributed by atoms with Crippen LogP contribution < -0.4 is 11.1 Å². The van der Waals surface area contributed by atoms with Crippen LogP contribution >= 0.6 is 0 Å². The maximum Gasteiger partial charge on any atom is 0.255 e. The third-order valence-electron chi connectivity index (χ3n) is 3.75. The number of carbonyl (C=O) groups excluding carboxylic acids is 1. The molecule has 0 atom stereocenters. The Hall–Kier alpha value is -2.29. The van der Waals surface area contributed by atoms with Gasteiger partial charge in [0.2, 0.25) is 0 Å². The van der Waals surface area contributed by atoms with E-state index in [1.807, 2.05) is 13.8 Å². The van der Waals surface area contributed by atoms with Crippen LogP contribution in [0.15, 0.2) is 30.3 Å². The molecule has 0 aliphatic carbocycles. The van der Waals surface area contributed by atoms with Crippen molar-refractivity contribution < 1.29 is 4.79 Å². The number of aryl methyl sites for hydroxylation is 2. The van der Waals surface area contributed by atoms with Crippen LogP contribution in [0.1, 0.15) is 32.6 Å². The molecule has 0 bridgehead atoms. The van der Waals surface area contributed by atoms with E-state index >= 15 is 0 Å². The Morgan fingerprint density at radius 2 is 1.60 bits per heavy atom. The lowest BCUT2D eigenvalue weighted by molar-refractivity contribution is 0.102. The third-order valence-corrected chi connectivity index (χ3v) is 3.75. The summed E-state index contributed by atoms with van der Waals surface area (Å²) in [7, 11) is 0. The molecule has 2 aromatic carbocycles. The molecule has 2 rings (SSSR count). The zero-order valence-electron chi connectivity index (χ0n) is 12.4. The molecule has 0 heterocycles. The Bertz CT molecular complexity index is 649. The summed E-state index contributed by atoms with van der Waals surface area (Å²) in [5.41, 5.74) is 12.3. The van der Waals surface area contributed by atoms with Crippen molar-refractivity contribution in [1.29, 1.82) is 0 Å². The van der Waals surface area contributed by atoms with Gasteiger partial charge in [-0.3, -0.25) is 4.79 Å². The summed E-state index contributed by atoms with van der Waals surface area (Å²) in [5, 5.41) is 3.01. The molecule has 0 aliphatic rings. The second-order valence-corrected chi connectivity index (χ2v) is 5.21. The number of hydrogen-bond acceptors (Lipinski definition) is 2. The van der Waals surface area contributed by atoms with Crippen LogP contribution in [0, 0.1) is 27.7 Å². The zero-order valence-corrected chi connectivity index (χ0v) is 12.4. The van der Waals surface area contributed by atoms with Crippen LogP contribution in [0.5, 0.6) is 0 Å². The maximum atomic E-state index is 12.3. The Labute approximate surface area is 119 Å². The standard InChI is InChI=1S/C17H20N2O/c1-10-8-11(2)13(4)16(12(10)3)19-17(20)14-6-5-7-15(18)9-14/h5-9H,18H2,1-4H3,(H,19,20). The van der Waals surface area contributed by atoms with Crippen LogP contribution in [-0.2, 0) is 0 Å². The van der Waals surface area contributed by atoms with Gasteiger partial charge in [0, 0.05) is 16.9 Å². The molecular formula is C17H20N2O. The lowest BCUT2D eigenvalue weighted by Crippen LogP contribution is -2.15. The van der Waals surface area contributed by atoms with Crippen LogP contribution in [-0.4, -0.2) is 5.91 Å². The SMILES string of the molecule is Cc1cc(C)c(C)c(NC(=O)c2cccc(N)c2)c1C. The Morgan fingerprint density at radius 3 is 2.15 bits per heavy atom. The summed E-state index contributed by atoms with van der Waals surface area (Å²) in [6, 6.07) is 9.14. The molecule has 0 spiro atoms. The van der Waals surface area contributed by atoms with Crippen molar-refractivity contribution in [1.82, 2.24) is 0 Å². The summed E-state index contributed by atoms with van der Waals surface area (Å²) in [4.78, 5) is 12.3. The van der Waals surface area contributed by atoms with Crippen LogP contribution in [0.25, 0.3) is 0 Å². The molecule has 104 valence electrons. The minimum Gasteiger partial charge on any atom is -0.399 e. The zero-order chi connectivity index (χ0) is 14.9. The van der Waals surface area contributed by atoms with E-state index in [1.165, 1.54) is 11.1 Å². The number of anilines is 2.